The molecule has 0 bridgehead atoms. The van der Waals surface area contributed by atoms with Crippen LogP contribution in [0.1, 0.15) is 232 Å². The number of nitrogens with one attached hydrogen (secondary N) is 6. The Hall–Kier alpha value is -4.81. The fourth-order valence-corrected chi connectivity index (χ4v) is 9.36. The Balaban J connectivity index is 2.38. The minimum absolute atomic E-state index is 0.148. The molecule has 1 rings (SSSR count). The third-order valence-electron chi connectivity index (χ3n) is 14.1. The summed E-state index contributed by atoms with van der Waals surface area (Å²) < 4.78 is 9.93. The smallest absolute Gasteiger partial charge is 0.325 e. The molecule has 0 spiro atoms. The average Bonchev–Trinajstić information content (AvgIpc) is 3.93. The van der Waals surface area contributed by atoms with Crippen molar-refractivity contribution in [2.75, 3.05) is 79.2 Å². The van der Waals surface area contributed by atoms with E-state index >= 15 is 0 Å². The van der Waals surface area contributed by atoms with Gasteiger partial charge in [0.1, 0.15) is 25.8 Å². The van der Waals surface area contributed by atoms with Crippen molar-refractivity contribution in [1.82, 2.24) is 41.7 Å². The molecule has 0 aromatic rings. The van der Waals surface area contributed by atoms with E-state index in [2.05, 4.69) is 50.5 Å². The summed E-state index contributed by atoms with van der Waals surface area (Å²) in [4.78, 5) is 115. The van der Waals surface area contributed by atoms with Crippen LogP contribution in [0.15, 0.2) is 0 Å². The number of carbonyl (C=O) groups is 9. The molecule has 1 saturated heterocycles. The lowest BCUT2D eigenvalue weighted by atomic mass is 10.0. The number of rotatable bonds is 51. The van der Waals surface area contributed by atoms with Gasteiger partial charge in [-0.1, -0.05) is 206 Å². The van der Waals surface area contributed by atoms with E-state index in [0.717, 1.165) is 38.5 Å². The van der Waals surface area contributed by atoms with Crippen molar-refractivity contribution in [3.05, 3.63) is 0 Å². The van der Waals surface area contributed by atoms with Crippen LogP contribution in [0.3, 0.4) is 0 Å². The second-order valence-electron chi connectivity index (χ2n) is 20.9. The Labute approximate surface area is 463 Å². The maximum absolute atomic E-state index is 13.4. The summed E-state index contributed by atoms with van der Waals surface area (Å²) in [6, 6.07) is -0.873. The minimum atomic E-state index is -0.873. The van der Waals surface area contributed by atoms with Crippen LogP contribution in [0.5, 0.6) is 0 Å². The molecule has 1 fully saturated rings. The lowest BCUT2D eigenvalue weighted by Crippen LogP contribution is -2.51. The van der Waals surface area contributed by atoms with Crippen LogP contribution in [0.25, 0.3) is 0 Å². The third-order valence-corrected chi connectivity index (χ3v) is 14.1. The molecule has 8 amide bonds. The molecule has 19 nitrogen and oxygen atoms in total. The SMILES string of the molecule is CCCCCCCCCCCCCCCCCCN(CCCCCCCCCCCCCCCCCC)C(=O)COCC(=O)NCC(=O)NCC(=O)NCC(=O)N1CCC[C@H]1C(=O)NCC(=O)NCC(=O)NCC(=O)OC. The largest absolute Gasteiger partial charge is 0.468 e. The number of hydrogen-bond donors (Lipinski definition) is 6. The van der Waals surface area contributed by atoms with Gasteiger partial charge in [-0.05, 0) is 25.7 Å². The van der Waals surface area contributed by atoms with Crippen LogP contribution in [-0.4, -0.2) is 148 Å². The first-order chi connectivity index (χ1) is 37.4. The summed E-state index contributed by atoms with van der Waals surface area (Å²) in [6.45, 7) is 2.88. The number of esters is 1. The quantitative estimate of drug-likeness (QED) is 0.0262. The Morgan fingerprint density at radius 1 is 0.416 bits per heavy atom. The van der Waals surface area contributed by atoms with Gasteiger partial charge < -0.3 is 51.2 Å². The molecule has 0 aromatic carbocycles. The van der Waals surface area contributed by atoms with E-state index in [1.807, 2.05) is 4.90 Å². The number of likely N-dealkylation sites (tertiary alicyclic amines) is 1. The van der Waals surface area contributed by atoms with Gasteiger partial charge in [0.05, 0.1) is 39.8 Å². The first-order valence-electron chi connectivity index (χ1n) is 30.2. The topological polar surface area (TPSA) is 251 Å². The molecule has 1 heterocycles. The summed E-state index contributed by atoms with van der Waals surface area (Å²) in [6.07, 6.45) is 42.0. The molecule has 444 valence electrons. The molecule has 77 heavy (non-hydrogen) atoms. The van der Waals surface area contributed by atoms with Crippen molar-refractivity contribution in [3.8, 4) is 0 Å². The van der Waals surface area contributed by atoms with E-state index in [0.29, 0.717) is 25.9 Å². The highest BCUT2D eigenvalue weighted by Gasteiger charge is 2.34. The highest BCUT2D eigenvalue weighted by Crippen LogP contribution is 2.18. The van der Waals surface area contributed by atoms with Gasteiger partial charge in [-0.15, -0.1) is 0 Å². The van der Waals surface area contributed by atoms with E-state index in [-0.39, 0.29) is 25.6 Å². The number of methoxy groups -OCH3 is 1. The number of unbranched alkanes of at least 4 members (excludes halogenated alkanes) is 30. The summed E-state index contributed by atoms with van der Waals surface area (Å²) in [7, 11) is 1.17. The fourth-order valence-electron chi connectivity index (χ4n) is 9.36. The van der Waals surface area contributed by atoms with Gasteiger partial charge in [0, 0.05) is 19.6 Å². The molecular formula is C58H106N8O11. The number of amides is 8. The standard InChI is InChI=1S/C58H106N8O11/c1-4-6-8-10-12-14-16-18-20-22-24-26-28-30-32-34-38-65(39-35-33-31-29-27-25-23-21-19-17-15-13-11-9-7-5-2)56(73)48-77-47-54(71)61-43-50(67)59-41-51(68)62-45-55(72)66-40-36-37-49(66)58(75)64-44-53(70)60-42-52(69)63-46-57(74)76-3/h49H,4-48H2,1-3H3,(H,59,67)(H,60,70)(H,61,71)(H,62,68)(H,63,69)(H,64,75)/t49-/m0/s1. The van der Waals surface area contributed by atoms with Crippen LogP contribution in [-0.2, 0) is 52.6 Å². The summed E-state index contributed by atoms with van der Waals surface area (Å²) in [5.74, 6) is -5.13. The summed E-state index contributed by atoms with van der Waals surface area (Å²) in [5.41, 5.74) is 0. The minimum Gasteiger partial charge on any atom is -0.468 e. The zero-order valence-corrected chi connectivity index (χ0v) is 48.3. The second-order valence-corrected chi connectivity index (χ2v) is 20.9. The van der Waals surface area contributed by atoms with Gasteiger partial charge in [0.25, 0.3) is 0 Å². The molecule has 1 aliphatic heterocycles. The average molecular weight is 1090 g/mol. The van der Waals surface area contributed by atoms with Crippen molar-refractivity contribution in [3.63, 3.8) is 0 Å². The molecule has 0 aliphatic carbocycles. The number of ether oxygens (including phenoxy) is 2. The zero-order chi connectivity index (χ0) is 56.4. The van der Waals surface area contributed by atoms with Crippen molar-refractivity contribution in [2.24, 2.45) is 0 Å². The Morgan fingerprint density at radius 2 is 0.753 bits per heavy atom. The predicted molar refractivity (Wildman–Crippen MR) is 301 cm³/mol. The van der Waals surface area contributed by atoms with Gasteiger partial charge in [-0.25, -0.2) is 0 Å². The van der Waals surface area contributed by atoms with Crippen molar-refractivity contribution in [1.29, 1.82) is 0 Å². The lowest BCUT2D eigenvalue weighted by molar-refractivity contribution is -0.141. The van der Waals surface area contributed by atoms with E-state index in [9.17, 15) is 43.2 Å². The van der Waals surface area contributed by atoms with Crippen LogP contribution in [0.2, 0.25) is 0 Å². The van der Waals surface area contributed by atoms with Gasteiger partial charge in [0.2, 0.25) is 47.3 Å². The highest BCUT2D eigenvalue weighted by atomic mass is 16.5. The maximum atomic E-state index is 13.4. The number of carbonyl (C=O) groups excluding carboxylic acids is 9. The van der Waals surface area contributed by atoms with E-state index in [1.54, 1.807) is 0 Å². The number of nitrogens with zero attached hydrogens (tertiary/aromatic N) is 2. The zero-order valence-electron chi connectivity index (χ0n) is 48.3. The lowest BCUT2D eigenvalue weighted by Gasteiger charge is -2.24. The first-order valence-corrected chi connectivity index (χ1v) is 30.2. The fraction of sp³-hybridized carbons (Fsp3) is 0.845. The van der Waals surface area contributed by atoms with E-state index < -0.39 is 92.7 Å². The van der Waals surface area contributed by atoms with Gasteiger partial charge in [0.15, 0.2) is 0 Å². The molecule has 6 N–H and O–H groups in total. The van der Waals surface area contributed by atoms with Crippen molar-refractivity contribution < 1.29 is 52.6 Å². The monoisotopic (exact) mass is 1090 g/mol. The molecule has 1 atom stereocenters. The van der Waals surface area contributed by atoms with Crippen molar-refractivity contribution >= 4 is 53.2 Å². The third kappa shape index (κ3) is 41.0. The first kappa shape index (κ1) is 70.2. The van der Waals surface area contributed by atoms with Crippen LogP contribution < -0.4 is 31.9 Å². The normalized spacial score (nSPS) is 12.9. The summed E-state index contributed by atoms with van der Waals surface area (Å²) >= 11 is 0. The summed E-state index contributed by atoms with van der Waals surface area (Å²) in [5, 5.41) is 14.2. The van der Waals surface area contributed by atoms with Gasteiger partial charge in [-0.2, -0.15) is 0 Å². The Kier molecular flexibility index (Phi) is 45.1. The van der Waals surface area contributed by atoms with Crippen LogP contribution in [0.4, 0.5) is 0 Å². The van der Waals surface area contributed by atoms with E-state index in [4.69, 9.17) is 4.74 Å². The molecule has 1 aliphatic rings. The van der Waals surface area contributed by atoms with E-state index in [1.165, 1.54) is 179 Å². The maximum Gasteiger partial charge on any atom is 0.325 e. The number of hydrogen-bond acceptors (Lipinski definition) is 11. The molecular weight excluding hydrogens is 985 g/mol. The van der Waals surface area contributed by atoms with Crippen LogP contribution >= 0.6 is 0 Å². The second kappa shape index (κ2) is 49.5. The van der Waals surface area contributed by atoms with Crippen molar-refractivity contribution in [2.45, 2.75) is 238 Å². The van der Waals surface area contributed by atoms with Gasteiger partial charge >= 0.3 is 5.97 Å². The van der Waals surface area contributed by atoms with Gasteiger partial charge in [-0.3, -0.25) is 43.2 Å². The Morgan fingerprint density at radius 3 is 1.14 bits per heavy atom. The molecule has 0 radical (unpaired) electrons. The predicted octanol–water partition coefficient (Wildman–Crippen LogP) is 7.22. The highest BCUT2D eigenvalue weighted by molar-refractivity contribution is 5.94. The molecule has 19 heteroatoms. The molecule has 0 aromatic heterocycles. The van der Waals surface area contributed by atoms with Crippen LogP contribution in [0, 0.1) is 0 Å². The Bertz CT molecular complexity index is 1600. The molecule has 0 unspecified atom stereocenters. The molecule has 0 saturated carbocycles.